The van der Waals surface area contributed by atoms with Gasteiger partial charge < -0.3 is 9.05 Å². The Morgan fingerprint density at radius 2 is 1.00 bits per heavy atom. The van der Waals surface area contributed by atoms with Crippen molar-refractivity contribution in [1.82, 2.24) is 0 Å². The molecule has 2 aliphatic rings. The van der Waals surface area contributed by atoms with Gasteiger partial charge in [-0.1, -0.05) is 107 Å². The van der Waals surface area contributed by atoms with E-state index in [0.29, 0.717) is 18.6 Å². The molecule has 6 nitrogen and oxygen atoms in total. The average Bonchev–Trinajstić information content (AvgIpc) is 2.85. The molecule has 1 spiro atoms. The third-order valence-electron chi connectivity index (χ3n) is 7.69. The molecule has 0 radical (unpaired) electrons. The smallest absolute Gasteiger partial charge is 0.457 e. The van der Waals surface area contributed by atoms with Crippen LogP contribution in [0.3, 0.4) is 0 Å². The van der Waals surface area contributed by atoms with Crippen LogP contribution in [0.15, 0.2) is 36.4 Å². The van der Waals surface area contributed by atoms with Crippen LogP contribution in [0.2, 0.25) is 0 Å². The molecule has 0 N–H and O–H groups in total. The zero-order chi connectivity index (χ0) is 30.4. The second-order valence-corrected chi connectivity index (χ2v) is 18.5. The molecule has 41 heavy (non-hydrogen) atoms. The van der Waals surface area contributed by atoms with E-state index < -0.39 is 22.5 Å². The minimum atomic E-state index is -1.85. The Hall–Kier alpha value is -1.26. The first-order chi connectivity index (χ1) is 18.8. The highest BCUT2D eigenvalue weighted by Gasteiger charge is 2.47. The molecular formula is C33H50O6P2. The van der Waals surface area contributed by atoms with Crippen LogP contribution in [0.1, 0.15) is 118 Å². The van der Waals surface area contributed by atoms with Crippen molar-refractivity contribution in [3.05, 3.63) is 58.7 Å². The molecule has 0 aromatic heterocycles. The van der Waals surface area contributed by atoms with Crippen molar-refractivity contribution >= 4 is 16.8 Å². The topological polar surface area (TPSA) is 55.4 Å². The van der Waals surface area contributed by atoms with E-state index in [9.17, 15) is 0 Å². The minimum Gasteiger partial charge on any atom is -0.474 e. The van der Waals surface area contributed by atoms with Crippen LogP contribution in [-0.2, 0) is 40.8 Å². The summed E-state index contributed by atoms with van der Waals surface area (Å²) in [5, 5.41) is 0. The Kier molecular flexibility index (Phi) is 9.30. The highest BCUT2D eigenvalue weighted by molar-refractivity contribution is 7.53. The van der Waals surface area contributed by atoms with Gasteiger partial charge in [0.25, 0.3) is 0 Å². The van der Waals surface area contributed by atoms with Crippen LogP contribution in [0.4, 0.5) is 0 Å². The third kappa shape index (κ3) is 8.02. The average molecular weight is 605 g/mol. The quantitative estimate of drug-likeness (QED) is 0.256. The molecule has 4 rings (SSSR count). The van der Waals surface area contributed by atoms with Crippen LogP contribution in [-0.4, -0.2) is 18.1 Å². The van der Waals surface area contributed by atoms with Gasteiger partial charge in [-0.15, -0.1) is 9.35 Å². The van der Waals surface area contributed by atoms with E-state index >= 15 is 0 Å². The SMILES string of the molecule is CC(C)(C)c1ccc(OP2CCC3(CC2)OOP(Oc2ccc(C(C)(C)C)cc2C(C)(C)C)OO3)c(C(C)(C)C)c1. The lowest BCUT2D eigenvalue weighted by molar-refractivity contribution is -0.498. The van der Waals surface area contributed by atoms with Crippen molar-refractivity contribution in [2.45, 2.75) is 123 Å². The molecule has 228 valence electrons. The third-order valence-corrected chi connectivity index (χ3v) is 10.3. The van der Waals surface area contributed by atoms with Gasteiger partial charge in [-0.25, -0.2) is 0 Å². The maximum atomic E-state index is 6.64. The van der Waals surface area contributed by atoms with Crippen LogP contribution < -0.4 is 9.05 Å². The Labute approximate surface area is 250 Å². The summed E-state index contributed by atoms with van der Waals surface area (Å²) >= 11 is 0. The van der Waals surface area contributed by atoms with E-state index in [1.54, 1.807) is 0 Å². The molecule has 0 unspecified atom stereocenters. The van der Waals surface area contributed by atoms with Crippen molar-refractivity contribution in [2.75, 3.05) is 12.3 Å². The molecule has 2 aliphatic heterocycles. The van der Waals surface area contributed by atoms with Crippen molar-refractivity contribution in [3.8, 4) is 11.5 Å². The van der Waals surface area contributed by atoms with Gasteiger partial charge in [-0.3, -0.25) is 0 Å². The lowest BCUT2D eigenvalue weighted by Crippen LogP contribution is -2.42. The Bertz CT molecular complexity index is 1100. The van der Waals surface area contributed by atoms with E-state index in [0.717, 1.165) is 23.6 Å². The number of rotatable bonds is 4. The van der Waals surface area contributed by atoms with E-state index in [2.05, 4.69) is 113 Å². The van der Waals surface area contributed by atoms with Crippen molar-refractivity contribution in [3.63, 3.8) is 0 Å². The second kappa shape index (κ2) is 11.7. The van der Waals surface area contributed by atoms with Gasteiger partial charge in [0.05, 0.1) is 8.15 Å². The van der Waals surface area contributed by atoms with Gasteiger partial charge in [0.2, 0.25) is 5.79 Å². The molecule has 0 aliphatic carbocycles. The maximum Gasteiger partial charge on any atom is 0.457 e. The summed E-state index contributed by atoms with van der Waals surface area (Å²) in [6.45, 7) is 26.6. The van der Waals surface area contributed by atoms with Gasteiger partial charge in [0, 0.05) is 36.3 Å². The Morgan fingerprint density at radius 1 is 0.585 bits per heavy atom. The van der Waals surface area contributed by atoms with Crippen LogP contribution in [0, 0.1) is 0 Å². The molecule has 0 bridgehead atoms. The van der Waals surface area contributed by atoms with Gasteiger partial charge in [-0.2, -0.15) is 9.78 Å². The molecular weight excluding hydrogens is 554 g/mol. The highest BCUT2D eigenvalue weighted by Crippen LogP contribution is 2.55. The number of hydrogen-bond donors (Lipinski definition) is 0. The summed E-state index contributed by atoms with van der Waals surface area (Å²) in [5.74, 6) is 0.762. The van der Waals surface area contributed by atoms with Crippen molar-refractivity contribution in [1.29, 1.82) is 0 Å². The van der Waals surface area contributed by atoms with Gasteiger partial charge >= 0.3 is 8.60 Å². The summed E-state index contributed by atoms with van der Waals surface area (Å²) < 4.78 is 24.1. The standard InChI is InChI=1S/C33H50O6P2/c1-29(2,3)23-13-15-27(25(21-23)31(7,8)9)34-40-19-17-33(18-20-40)36-38-41(39-37-33)35-28-16-14-24(30(4,5)6)22-26(28)32(10,11)12/h13-16,21-22H,17-20H2,1-12H3. The van der Waals surface area contributed by atoms with Crippen molar-refractivity contribution in [2.24, 2.45) is 0 Å². The predicted octanol–water partition coefficient (Wildman–Crippen LogP) is 10.4. The first-order valence-corrected chi connectivity index (χ1v) is 17.4. The summed E-state index contributed by atoms with van der Waals surface area (Å²) in [6, 6.07) is 13.0. The van der Waals surface area contributed by atoms with Crippen LogP contribution in [0.25, 0.3) is 0 Å². The molecule has 2 aromatic carbocycles. The normalized spacial score (nSPS) is 24.4. The molecule has 0 atom stereocenters. The van der Waals surface area contributed by atoms with Gasteiger partial charge in [0.1, 0.15) is 11.5 Å². The molecule has 8 heteroatoms. The molecule has 2 heterocycles. The summed E-state index contributed by atoms with van der Waals surface area (Å²) in [7, 11) is -2.53. The van der Waals surface area contributed by atoms with Crippen LogP contribution >= 0.6 is 16.8 Å². The van der Waals surface area contributed by atoms with Crippen molar-refractivity contribution < 1.29 is 28.2 Å². The van der Waals surface area contributed by atoms with Crippen LogP contribution in [0.5, 0.6) is 11.5 Å². The first kappa shape index (κ1) is 32.6. The molecule has 2 aromatic rings. The zero-order valence-corrected chi connectivity index (χ0v) is 28.9. The highest BCUT2D eigenvalue weighted by atomic mass is 31.2. The van der Waals surface area contributed by atoms with E-state index in [4.69, 9.17) is 28.2 Å². The minimum absolute atomic E-state index is 0.0166. The molecule has 2 saturated heterocycles. The maximum absolute atomic E-state index is 6.64. The second-order valence-electron chi connectivity index (χ2n) is 15.5. The van der Waals surface area contributed by atoms with Gasteiger partial charge in [-0.05, 0) is 44.9 Å². The number of hydrogen-bond acceptors (Lipinski definition) is 6. The largest absolute Gasteiger partial charge is 0.474 e. The molecule has 2 fully saturated rings. The summed E-state index contributed by atoms with van der Waals surface area (Å²) in [5.41, 5.74) is 4.89. The monoisotopic (exact) mass is 604 g/mol. The Balaban J connectivity index is 1.37. The van der Waals surface area contributed by atoms with Gasteiger partial charge in [0.15, 0.2) is 0 Å². The summed E-state index contributed by atoms with van der Waals surface area (Å²) in [6.07, 6.45) is 2.91. The fourth-order valence-corrected chi connectivity index (χ4v) is 7.70. The van der Waals surface area contributed by atoms with E-state index in [1.807, 2.05) is 6.07 Å². The predicted molar refractivity (Wildman–Crippen MR) is 169 cm³/mol. The lowest BCUT2D eigenvalue weighted by atomic mass is 9.80. The fraction of sp³-hybridized carbons (Fsp3) is 0.636. The number of benzene rings is 2. The lowest BCUT2D eigenvalue weighted by Gasteiger charge is -2.40. The molecule has 0 amide bonds. The first-order valence-electron chi connectivity index (χ1n) is 14.7. The summed E-state index contributed by atoms with van der Waals surface area (Å²) in [4.78, 5) is 11.7. The van der Waals surface area contributed by atoms with E-state index in [-0.39, 0.29) is 21.7 Å². The molecule has 0 saturated carbocycles. The Morgan fingerprint density at radius 3 is 1.39 bits per heavy atom. The zero-order valence-electron chi connectivity index (χ0n) is 27.1. The fourth-order valence-electron chi connectivity index (χ4n) is 4.88. The van der Waals surface area contributed by atoms with E-state index in [1.165, 1.54) is 16.7 Å².